The van der Waals surface area contributed by atoms with E-state index >= 15 is 0 Å². The number of hydrogen-bond donors (Lipinski definition) is 0. The first-order valence-electron chi connectivity index (χ1n) is 11.9. The van der Waals surface area contributed by atoms with E-state index in [1.807, 2.05) is 53.4 Å². The van der Waals surface area contributed by atoms with Crippen LogP contribution in [-0.2, 0) is 36.8 Å². The zero-order chi connectivity index (χ0) is 24.6. The summed E-state index contributed by atoms with van der Waals surface area (Å²) in [5.41, 5.74) is 3.10. The molecule has 2 aliphatic heterocycles. The molecule has 0 unspecified atom stereocenters. The van der Waals surface area contributed by atoms with E-state index in [1.54, 1.807) is 18.2 Å². The molecule has 0 radical (unpaired) electrons. The Hall–Kier alpha value is -3.42. The summed E-state index contributed by atoms with van der Waals surface area (Å²) in [6.45, 7) is 3.51. The molecule has 0 saturated carbocycles. The topological polar surface area (TPSA) is 68.3 Å². The Kier molecular flexibility index (Phi) is 8.34. The van der Waals surface area contributed by atoms with E-state index in [1.165, 1.54) is 6.92 Å². The third-order valence-corrected chi connectivity index (χ3v) is 6.21. The smallest absolute Gasteiger partial charge is 0.274 e. The number of rotatable bonds is 9. The molecular formula is C28H32N2O5. The molecular weight excluding hydrogens is 444 g/mol. The van der Waals surface area contributed by atoms with E-state index in [4.69, 9.17) is 14.2 Å². The van der Waals surface area contributed by atoms with Crippen LogP contribution in [0.15, 0.2) is 83.9 Å². The first-order valence-corrected chi connectivity index (χ1v) is 11.9. The van der Waals surface area contributed by atoms with Gasteiger partial charge in [0, 0.05) is 32.0 Å². The maximum Gasteiger partial charge on any atom is 0.274 e. The lowest BCUT2D eigenvalue weighted by atomic mass is 9.99. The van der Waals surface area contributed by atoms with Crippen molar-refractivity contribution in [3.05, 3.63) is 95.0 Å². The predicted molar refractivity (Wildman–Crippen MR) is 132 cm³/mol. The number of ketones is 1. The van der Waals surface area contributed by atoms with Crippen LogP contribution >= 0.6 is 0 Å². The minimum atomic E-state index is -0.154. The summed E-state index contributed by atoms with van der Waals surface area (Å²) in [4.78, 5) is 29.8. The Bertz CT molecular complexity index is 1080. The van der Waals surface area contributed by atoms with Gasteiger partial charge in [0.1, 0.15) is 18.9 Å². The summed E-state index contributed by atoms with van der Waals surface area (Å²) in [6, 6.07) is 19.9. The maximum absolute atomic E-state index is 13.7. The molecule has 2 aromatic carbocycles. The van der Waals surface area contributed by atoms with Gasteiger partial charge in [-0.05, 0) is 24.5 Å². The Morgan fingerprint density at radius 2 is 1.71 bits per heavy atom. The molecule has 0 spiro atoms. The fourth-order valence-electron chi connectivity index (χ4n) is 4.32. The van der Waals surface area contributed by atoms with Gasteiger partial charge in [0.05, 0.1) is 19.3 Å². The highest BCUT2D eigenvalue weighted by Crippen LogP contribution is 2.29. The molecule has 1 fully saturated rings. The lowest BCUT2D eigenvalue weighted by molar-refractivity contribution is -0.134. The summed E-state index contributed by atoms with van der Waals surface area (Å²) < 4.78 is 17.3. The van der Waals surface area contributed by atoms with Gasteiger partial charge < -0.3 is 24.0 Å². The lowest BCUT2D eigenvalue weighted by Crippen LogP contribution is -2.55. The molecule has 2 aromatic rings. The van der Waals surface area contributed by atoms with E-state index in [0.717, 1.165) is 11.1 Å². The van der Waals surface area contributed by atoms with Gasteiger partial charge in [-0.1, -0.05) is 60.7 Å². The van der Waals surface area contributed by atoms with Crippen molar-refractivity contribution in [2.75, 3.05) is 40.0 Å². The average Bonchev–Trinajstić information content (AvgIpc) is 2.85. The van der Waals surface area contributed by atoms with Crippen LogP contribution in [0.1, 0.15) is 18.1 Å². The van der Waals surface area contributed by atoms with E-state index < -0.39 is 0 Å². The Morgan fingerprint density at radius 1 is 1.03 bits per heavy atom. The van der Waals surface area contributed by atoms with E-state index in [9.17, 15) is 9.59 Å². The number of nitrogens with zero attached hydrogens (tertiary/aromatic N) is 2. The number of carbonyl (C=O) groups excluding carboxylic acids is 2. The predicted octanol–water partition coefficient (Wildman–Crippen LogP) is 3.32. The second-order valence-corrected chi connectivity index (χ2v) is 8.74. The molecule has 1 amide bonds. The zero-order valence-electron chi connectivity index (χ0n) is 20.3. The number of fused-ring (bicyclic) bond motifs is 1. The van der Waals surface area contributed by atoms with Crippen molar-refractivity contribution in [3.63, 3.8) is 0 Å². The molecule has 0 aromatic heterocycles. The van der Waals surface area contributed by atoms with Gasteiger partial charge in [-0.15, -0.1) is 0 Å². The normalized spacial score (nSPS) is 20.0. The molecule has 0 N–H and O–H groups in total. The summed E-state index contributed by atoms with van der Waals surface area (Å²) in [6.07, 6.45) is 2.48. The highest BCUT2D eigenvalue weighted by Gasteiger charge is 2.39. The molecule has 4 rings (SSSR count). The number of piperazine rings is 1. The largest absolute Gasteiger partial charge is 0.488 e. The zero-order valence-corrected chi connectivity index (χ0v) is 20.3. The van der Waals surface area contributed by atoms with E-state index in [2.05, 4.69) is 12.1 Å². The molecule has 1 saturated heterocycles. The molecule has 0 aliphatic carbocycles. The number of Topliss-reactive ketones (excluding diaryl/α,β-unsaturated/α-hetero) is 1. The molecule has 2 heterocycles. The van der Waals surface area contributed by atoms with Crippen LogP contribution in [0.3, 0.4) is 0 Å². The standard InChI is InChI=1S/C28H32N2O5/c1-21(31)24-16-30-25(15-22-9-5-3-6-10-22)17-29(13-14-33-2)28(32)27(30)26(20-34-19-24)35-18-23-11-7-4-8-12-23/h3-12,16,25H,13-15,17-20H2,1-2H3/b24-16+,27-26?/t25-/m0/s1. The van der Waals surface area contributed by atoms with Gasteiger partial charge in [0.25, 0.3) is 5.91 Å². The van der Waals surface area contributed by atoms with Gasteiger partial charge >= 0.3 is 0 Å². The molecule has 2 aliphatic rings. The summed E-state index contributed by atoms with van der Waals surface area (Å²) >= 11 is 0. The first-order chi connectivity index (χ1) is 17.1. The van der Waals surface area contributed by atoms with Gasteiger partial charge in [-0.25, -0.2) is 0 Å². The van der Waals surface area contributed by atoms with Crippen molar-refractivity contribution in [1.29, 1.82) is 0 Å². The van der Waals surface area contributed by atoms with Crippen LogP contribution < -0.4 is 0 Å². The quantitative estimate of drug-likeness (QED) is 0.553. The number of methoxy groups -OCH3 is 1. The van der Waals surface area contributed by atoms with Crippen LogP contribution in [0, 0.1) is 0 Å². The fourth-order valence-corrected chi connectivity index (χ4v) is 4.32. The first kappa shape index (κ1) is 24.7. The van der Waals surface area contributed by atoms with Crippen LogP contribution in [0.25, 0.3) is 0 Å². The summed E-state index contributed by atoms with van der Waals surface area (Å²) in [5, 5.41) is 0. The lowest BCUT2D eigenvalue weighted by Gasteiger charge is -2.43. The Morgan fingerprint density at radius 3 is 2.37 bits per heavy atom. The van der Waals surface area contributed by atoms with Crippen molar-refractivity contribution in [2.45, 2.75) is 26.0 Å². The Labute approximate surface area is 206 Å². The molecule has 184 valence electrons. The highest BCUT2D eigenvalue weighted by atomic mass is 16.5. The molecule has 0 bridgehead atoms. The van der Waals surface area contributed by atoms with Crippen LogP contribution in [0.5, 0.6) is 0 Å². The maximum atomic E-state index is 13.7. The van der Waals surface area contributed by atoms with Gasteiger partial charge in [0.2, 0.25) is 0 Å². The molecule has 7 nitrogen and oxygen atoms in total. The molecule has 35 heavy (non-hydrogen) atoms. The Balaban J connectivity index is 1.75. The van der Waals surface area contributed by atoms with Crippen LogP contribution in [0.4, 0.5) is 0 Å². The van der Waals surface area contributed by atoms with Crippen molar-refractivity contribution in [3.8, 4) is 0 Å². The highest BCUT2D eigenvalue weighted by molar-refractivity contribution is 5.96. The number of benzene rings is 2. The van der Waals surface area contributed by atoms with Gasteiger partial charge in [-0.3, -0.25) is 9.59 Å². The summed E-state index contributed by atoms with van der Waals surface area (Å²) in [5.74, 6) is 0.239. The van der Waals surface area contributed by atoms with Crippen molar-refractivity contribution in [1.82, 2.24) is 9.80 Å². The molecule has 7 heteroatoms. The van der Waals surface area contributed by atoms with Crippen molar-refractivity contribution in [2.24, 2.45) is 0 Å². The second-order valence-electron chi connectivity index (χ2n) is 8.74. The van der Waals surface area contributed by atoms with Gasteiger partial charge in [0.15, 0.2) is 11.5 Å². The fraction of sp³-hybridized carbons (Fsp3) is 0.357. The summed E-state index contributed by atoms with van der Waals surface area (Å²) in [7, 11) is 1.63. The van der Waals surface area contributed by atoms with Crippen LogP contribution in [-0.4, -0.2) is 67.6 Å². The van der Waals surface area contributed by atoms with Crippen molar-refractivity contribution < 1.29 is 23.8 Å². The SMILES string of the molecule is COCCN1C[C@H](Cc2ccccc2)N2/C=C(/C(C)=O)COCC(OCc3ccccc3)=C2C1=O. The average molecular weight is 477 g/mol. The third kappa shape index (κ3) is 6.18. The number of amides is 1. The van der Waals surface area contributed by atoms with Gasteiger partial charge in [-0.2, -0.15) is 0 Å². The molecule has 1 atom stereocenters. The number of carbonyl (C=O) groups is 2. The van der Waals surface area contributed by atoms with Crippen LogP contribution in [0.2, 0.25) is 0 Å². The monoisotopic (exact) mass is 476 g/mol. The van der Waals surface area contributed by atoms with E-state index in [-0.39, 0.29) is 30.9 Å². The second kappa shape index (κ2) is 11.8. The number of hydrogen-bond acceptors (Lipinski definition) is 6. The van der Waals surface area contributed by atoms with Crippen molar-refractivity contribution >= 4 is 11.7 Å². The minimum absolute atomic E-state index is 0.0780. The number of ether oxygens (including phenoxy) is 3. The van der Waals surface area contributed by atoms with E-state index in [0.29, 0.717) is 49.8 Å². The minimum Gasteiger partial charge on any atom is -0.488 e. The third-order valence-electron chi connectivity index (χ3n) is 6.21.